The standard InChI is InChI=1S/C23H25Cl2N3O3S/c1-15-11-16(2)22-20(12-15)32-23(26-22)28(6-5-27-7-9-30-10-8-27)21(29)14-31-19-4-3-17(24)13-18(19)25/h3-4,11-13H,5-10,14H2,1-2H3. The van der Waals surface area contributed by atoms with E-state index in [4.69, 9.17) is 37.7 Å². The van der Waals surface area contributed by atoms with Crippen LogP contribution in [-0.2, 0) is 9.53 Å². The third kappa shape index (κ3) is 5.53. The molecule has 1 amide bonds. The molecule has 0 bridgehead atoms. The molecule has 0 aliphatic carbocycles. The zero-order valence-corrected chi connectivity index (χ0v) is 20.4. The number of nitrogens with zero attached hydrogens (tertiary/aromatic N) is 3. The smallest absolute Gasteiger partial charge is 0.266 e. The van der Waals surface area contributed by atoms with Crippen molar-refractivity contribution in [3.05, 3.63) is 51.5 Å². The van der Waals surface area contributed by atoms with Crippen LogP contribution in [0.1, 0.15) is 11.1 Å². The molecular weight excluding hydrogens is 469 g/mol. The number of rotatable bonds is 7. The number of fused-ring (bicyclic) bond motifs is 1. The van der Waals surface area contributed by atoms with Crippen molar-refractivity contribution in [3.8, 4) is 5.75 Å². The van der Waals surface area contributed by atoms with Crippen molar-refractivity contribution in [2.24, 2.45) is 0 Å². The second-order valence-corrected chi connectivity index (χ2v) is 9.64. The molecule has 0 saturated carbocycles. The summed E-state index contributed by atoms with van der Waals surface area (Å²) in [4.78, 5) is 22.1. The van der Waals surface area contributed by atoms with Crippen molar-refractivity contribution in [3.63, 3.8) is 0 Å². The summed E-state index contributed by atoms with van der Waals surface area (Å²) in [6.45, 7) is 8.38. The fourth-order valence-corrected chi connectivity index (χ4v) is 5.33. The van der Waals surface area contributed by atoms with Gasteiger partial charge >= 0.3 is 0 Å². The predicted octanol–water partition coefficient (Wildman–Crippen LogP) is 4.96. The van der Waals surface area contributed by atoms with E-state index in [0.717, 1.165) is 35.4 Å². The molecule has 2 aromatic carbocycles. The van der Waals surface area contributed by atoms with E-state index in [1.165, 1.54) is 16.9 Å². The molecule has 1 saturated heterocycles. The molecule has 0 spiro atoms. The minimum atomic E-state index is -0.169. The zero-order valence-electron chi connectivity index (χ0n) is 18.1. The van der Waals surface area contributed by atoms with Crippen molar-refractivity contribution in [2.45, 2.75) is 13.8 Å². The molecule has 0 N–H and O–H groups in total. The molecule has 0 atom stereocenters. The molecule has 1 aliphatic rings. The Morgan fingerprint density at radius 3 is 2.75 bits per heavy atom. The molecule has 1 aliphatic heterocycles. The number of carbonyl (C=O) groups is 1. The minimum absolute atomic E-state index is 0.140. The van der Waals surface area contributed by atoms with Gasteiger partial charge in [-0.3, -0.25) is 14.6 Å². The molecule has 32 heavy (non-hydrogen) atoms. The minimum Gasteiger partial charge on any atom is -0.482 e. The van der Waals surface area contributed by atoms with Crippen molar-refractivity contribution in [2.75, 3.05) is 50.9 Å². The van der Waals surface area contributed by atoms with E-state index in [-0.39, 0.29) is 12.5 Å². The maximum Gasteiger partial charge on any atom is 0.266 e. The Morgan fingerprint density at radius 2 is 2.00 bits per heavy atom. The fraction of sp³-hybridized carbons (Fsp3) is 0.391. The van der Waals surface area contributed by atoms with Gasteiger partial charge in [-0.15, -0.1) is 0 Å². The summed E-state index contributed by atoms with van der Waals surface area (Å²) in [5.41, 5.74) is 3.21. The van der Waals surface area contributed by atoms with Gasteiger partial charge in [0, 0.05) is 31.2 Å². The van der Waals surface area contributed by atoms with Crippen LogP contribution in [0.5, 0.6) is 5.75 Å². The topological polar surface area (TPSA) is 54.9 Å². The molecular formula is C23H25Cl2N3O3S. The van der Waals surface area contributed by atoms with Gasteiger partial charge in [0.25, 0.3) is 5.91 Å². The Kier molecular flexibility index (Phi) is 7.53. The first kappa shape index (κ1) is 23.3. The van der Waals surface area contributed by atoms with Crippen molar-refractivity contribution < 1.29 is 14.3 Å². The first-order valence-electron chi connectivity index (χ1n) is 10.5. The summed E-state index contributed by atoms with van der Waals surface area (Å²) < 4.78 is 12.2. The number of hydrogen-bond donors (Lipinski definition) is 0. The Bertz CT molecular complexity index is 1120. The maximum absolute atomic E-state index is 13.3. The molecule has 3 aromatic rings. The Morgan fingerprint density at radius 1 is 1.22 bits per heavy atom. The quantitative estimate of drug-likeness (QED) is 0.465. The number of halogens is 2. The van der Waals surface area contributed by atoms with E-state index in [2.05, 4.69) is 24.0 Å². The van der Waals surface area contributed by atoms with Gasteiger partial charge in [-0.1, -0.05) is 40.6 Å². The van der Waals surface area contributed by atoms with Crippen molar-refractivity contribution in [1.29, 1.82) is 0 Å². The Balaban J connectivity index is 1.55. The first-order chi connectivity index (χ1) is 15.4. The number of benzene rings is 2. The normalized spacial score (nSPS) is 14.6. The average Bonchev–Trinajstić information content (AvgIpc) is 3.18. The highest BCUT2D eigenvalue weighted by molar-refractivity contribution is 7.22. The van der Waals surface area contributed by atoms with Crippen LogP contribution in [-0.4, -0.2) is 61.8 Å². The summed E-state index contributed by atoms with van der Waals surface area (Å²) in [7, 11) is 0. The third-order valence-corrected chi connectivity index (χ3v) is 6.89. The van der Waals surface area contributed by atoms with Gasteiger partial charge in [0.1, 0.15) is 5.75 Å². The maximum atomic E-state index is 13.3. The summed E-state index contributed by atoms with van der Waals surface area (Å²) in [5.74, 6) is 0.256. The SMILES string of the molecule is Cc1cc(C)c2nc(N(CCN3CCOCC3)C(=O)COc3ccc(Cl)cc3Cl)sc2c1. The second kappa shape index (κ2) is 10.4. The molecule has 2 heterocycles. The lowest BCUT2D eigenvalue weighted by Crippen LogP contribution is -2.44. The molecule has 0 radical (unpaired) electrons. The Hall–Kier alpha value is -1.90. The van der Waals surface area contributed by atoms with Gasteiger partial charge in [-0.2, -0.15) is 0 Å². The van der Waals surface area contributed by atoms with Gasteiger partial charge in [0.15, 0.2) is 11.7 Å². The molecule has 1 fully saturated rings. The van der Waals surface area contributed by atoms with E-state index in [1.807, 2.05) is 6.92 Å². The molecule has 4 rings (SSSR count). The van der Waals surface area contributed by atoms with Crippen LogP contribution in [0.25, 0.3) is 10.2 Å². The van der Waals surface area contributed by atoms with Gasteiger partial charge < -0.3 is 9.47 Å². The van der Waals surface area contributed by atoms with E-state index >= 15 is 0 Å². The highest BCUT2D eigenvalue weighted by atomic mass is 35.5. The number of aryl methyl sites for hydroxylation is 2. The lowest BCUT2D eigenvalue weighted by Gasteiger charge is -2.29. The largest absolute Gasteiger partial charge is 0.482 e. The molecule has 9 heteroatoms. The molecule has 1 aromatic heterocycles. The van der Waals surface area contributed by atoms with Crippen molar-refractivity contribution in [1.82, 2.24) is 9.88 Å². The van der Waals surface area contributed by atoms with Crippen LogP contribution in [0.2, 0.25) is 10.0 Å². The second-order valence-electron chi connectivity index (χ2n) is 7.79. The first-order valence-corrected chi connectivity index (χ1v) is 12.0. The van der Waals surface area contributed by atoms with Crippen LogP contribution in [0.3, 0.4) is 0 Å². The highest BCUT2D eigenvalue weighted by Crippen LogP contribution is 2.32. The van der Waals surface area contributed by atoms with Crippen LogP contribution in [0, 0.1) is 13.8 Å². The van der Waals surface area contributed by atoms with Crippen LogP contribution in [0.4, 0.5) is 5.13 Å². The monoisotopic (exact) mass is 493 g/mol. The zero-order chi connectivity index (χ0) is 22.7. The highest BCUT2D eigenvalue weighted by Gasteiger charge is 2.23. The number of aromatic nitrogens is 1. The van der Waals surface area contributed by atoms with E-state index in [0.29, 0.717) is 40.7 Å². The lowest BCUT2D eigenvalue weighted by molar-refractivity contribution is -0.120. The van der Waals surface area contributed by atoms with E-state index in [9.17, 15) is 4.79 Å². The predicted molar refractivity (Wildman–Crippen MR) is 131 cm³/mol. The van der Waals surface area contributed by atoms with E-state index in [1.54, 1.807) is 23.1 Å². The fourth-order valence-electron chi connectivity index (χ4n) is 3.68. The van der Waals surface area contributed by atoms with E-state index < -0.39 is 0 Å². The lowest BCUT2D eigenvalue weighted by atomic mass is 10.1. The number of hydrogen-bond acceptors (Lipinski definition) is 6. The van der Waals surface area contributed by atoms with Gasteiger partial charge in [0.2, 0.25) is 0 Å². The number of carbonyl (C=O) groups excluding carboxylic acids is 1. The number of amides is 1. The van der Waals surface area contributed by atoms with Gasteiger partial charge in [-0.25, -0.2) is 4.98 Å². The average molecular weight is 494 g/mol. The number of morpholine rings is 1. The number of ether oxygens (including phenoxy) is 2. The van der Waals surface area contributed by atoms with Crippen LogP contribution < -0.4 is 9.64 Å². The van der Waals surface area contributed by atoms with Crippen LogP contribution in [0.15, 0.2) is 30.3 Å². The van der Waals surface area contributed by atoms with Gasteiger partial charge in [0.05, 0.1) is 28.5 Å². The Labute approximate surface area is 201 Å². The summed E-state index contributed by atoms with van der Waals surface area (Å²) in [6.07, 6.45) is 0. The summed E-state index contributed by atoms with van der Waals surface area (Å²) in [5, 5.41) is 1.56. The third-order valence-electron chi connectivity index (χ3n) is 5.34. The molecule has 170 valence electrons. The van der Waals surface area contributed by atoms with Gasteiger partial charge in [-0.05, 0) is 49.2 Å². The summed E-state index contributed by atoms with van der Waals surface area (Å²) in [6, 6.07) is 9.16. The van der Waals surface area contributed by atoms with Crippen molar-refractivity contribution >= 4 is 55.8 Å². The molecule has 6 nitrogen and oxygen atoms in total. The number of anilines is 1. The number of thiazole rings is 1. The van der Waals surface area contributed by atoms with Crippen LogP contribution >= 0.6 is 34.5 Å². The molecule has 0 unspecified atom stereocenters. The summed E-state index contributed by atoms with van der Waals surface area (Å²) >= 11 is 13.7.